The molecular formula is C16H20N2O11. The van der Waals surface area contributed by atoms with Gasteiger partial charge in [-0.25, -0.2) is 4.79 Å². The molecule has 0 fully saturated rings. The summed E-state index contributed by atoms with van der Waals surface area (Å²) in [6.07, 6.45) is -0.340. The Bertz CT molecular complexity index is 738. The van der Waals surface area contributed by atoms with E-state index in [-0.39, 0.29) is 30.1 Å². The van der Waals surface area contributed by atoms with Crippen molar-refractivity contribution in [2.45, 2.75) is 32.3 Å². The monoisotopic (exact) mass is 416 g/mol. The van der Waals surface area contributed by atoms with Crippen molar-refractivity contribution in [3.63, 3.8) is 0 Å². The number of carbonyl (C=O) groups is 2. The molecule has 13 heteroatoms. The number of hydrogen-bond acceptors (Lipinski definition) is 11. The van der Waals surface area contributed by atoms with E-state index in [1.807, 2.05) is 0 Å². The van der Waals surface area contributed by atoms with Crippen molar-refractivity contribution in [1.29, 1.82) is 0 Å². The molecule has 1 aromatic carbocycles. The number of esters is 2. The van der Waals surface area contributed by atoms with Crippen LogP contribution in [0.5, 0.6) is 11.5 Å². The molecule has 0 aliphatic carbocycles. The molecule has 0 radical (unpaired) electrons. The number of ether oxygens (including phenoxy) is 3. The molecule has 29 heavy (non-hydrogen) atoms. The van der Waals surface area contributed by atoms with Crippen LogP contribution < -0.4 is 9.47 Å². The minimum Gasteiger partial charge on any atom is -0.493 e. The molecule has 0 heterocycles. The Morgan fingerprint density at radius 3 is 2.41 bits per heavy atom. The fraction of sp³-hybridized carbons (Fsp3) is 0.500. The van der Waals surface area contributed by atoms with Gasteiger partial charge in [-0.15, -0.1) is 20.2 Å². The zero-order valence-electron chi connectivity index (χ0n) is 15.7. The van der Waals surface area contributed by atoms with Crippen LogP contribution in [0, 0.1) is 20.2 Å². The Morgan fingerprint density at radius 1 is 1.10 bits per heavy atom. The summed E-state index contributed by atoms with van der Waals surface area (Å²) >= 11 is 0. The van der Waals surface area contributed by atoms with Gasteiger partial charge in [0, 0.05) is 6.92 Å². The van der Waals surface area contributed by atoms with E-state index in [1.54, 1.807) is 0 Å². The van der Waals surface area contributed by atoms with Gasteiger partial charge in [-0.2, -0.15) is 0 Å². The van der Waals surface area contributed by atoms with Gasteiger partial charge in [0.05, 0.1) is 19.3 Å². The summed E-state index contributed by atoms with van der Waals surface area (Å²) < 4.78 is 15.1. The first-order chi connectivity index (χ1) is 13.7. The van der Waals surface area contributed by atoms with Crippen LogP contribution in [-0.4, -0.2) is 48.5 Å². The summed E-state index contributed by atoms with van der Waals surface area (Å²) in [6.45, 7) is 0.656. The summed E-state index contributed by atoms with van der Waals surface area (Å²) in [5, 5.41) is 18.4. The minimum atomic E-state index is -1.11. The number of rotatable bonds is 13. The maximum Gasteiger partial charge on any atom is 0.338 e. The van der Waals surface area contributed by atoms with Gasteiger partial charge in [-0.3, -0.25) is 4.79 Å². The van der Waals surface area contributed by atoms with Gasteiger partial charge in [-0.05, 0) is 37.5 Å². The van der Waals surface area contributed by atoms with E-state index < -0.39 is 34.8 Å². The van der Waals surface area contributed by atoms with Gasteiger partial charge < -0.3 is 23.9 Å². The first kappa shape index (κ1) is 23.4. The van der Waals surface area contributed by atoms with Crippen LogP contribution in [0.4, 0.5) is 0 Å². The van der Waals surface area contributed by atoms with Gasteiger partial charge in [0.2, 0.25) is 0 Å². The lowest BCUT2D eigenvalue weighted by atomic mass is 10.1. The van der Waals surface area contributed by atoms with Crippen molar-refractivity contribution in [1.82, 2.24) is 0 Å². The van der Waals surface area contributed by atoms with E-state index in [1.165, 1.54) is 32.2 Å². The second-order valence-electron chi connectivity index (χ2n) is 5.56. The molecule has 0 saturated heterocycles. The van der Waals surface area contributed by atoms with Crippen molar-refractivity contribution in [2.24, 2.45) is 0 Å². The van der Waals surface area contributed by atoms with E-state index in [4.69, 9.17) is 14.2 Å². The highest BCUT2D eigenvalue weighted by Gasteiger charge is 2.16. The highest BCUT2D eigenvalue weighted by atomic mass is 17.0. The zero-order chi connectivity index (χ0) is 21.8. The van der Waals surface area contributed by atoms with Crippen LogP contribution in [0.2, 0.25) is 0 Å². The lowest BCUT2D eigenvalue weighted by molar-refractivity contribution is -0.790. The summed E-state index contributed by atoms with van der Waals surface area (Å²) in [6, 6.07) is 4.15. The third-order valence-corrected chi connectivity index (χ3v) is 3.41. The molecule has 1 rings (SSSR count). The van der Waals surface area contributed by atoms with Crippen molar-refractivity contribution < 1.29 is 43.6 Å². The molecule has 1 unspecified atom stereocenters. The van der Waals surface area contributed by atoms with E-state index in [0.717, 1.165) is 0 Å². The van der Waals surface area contributed by atoms with Crippen LogP contribution in [0.25, 0.3) is 0 Å². The molecule has 0 spiro atoms. The fourth-order valence-corrected chi connectivity index (χ4v) is 2.19. The standard InChI is InChI=1S/C16H20N2O11/c1-11(19)28-14-7-6-12(9-15(14)25-2)16(20)26-8-4-3-5-13(29-18(23)24)10-27-17(21)22/h6-7,9,13H,3-5,8,10H2,1-2H3. The third-order valence-electron chi connectivity index (χ3n) is 3.41. The number of nitrogens with zero attached hydrogens (tertiary/aromatic N) is 2. The second kappa shape index (κ2) is 11.9. The minimum absolute atomic E-state index is 0.00806. The highest BCUT2D eigenvalue weighted by Crippen LogP contribution is 2.28. The van der Waals surface area contributed by atoms with E-state index in [0.29, 0.717) is 12.8 Å². The van der Waals surface area contributed by atoms with Crippen LogP contribution in [-0.2, 0) is 19.2 Å². The molecule has 160 valence electrons. The van der Waals surface area contributed by atoms with Crippen molar-refractivity contribution in [2.75, 3.05) is 20.3 Å². The van der Waals surface area contributed by atoms with Gasteiger partial charge in [0.1, 0.15) is 12.7 Å². The van der Waals surface area contributed by atoms with Gasteiger partial charge in [0.15, 0.2) is 11.5 Å². The molecule has 0 aliphatic rings. The number of benzene rings is 1. The van der Waals surface area contributed by atoms with Crippen molar-refractivity contribution >= 4 is 11.9 Å². The van der Waals surface area contributed by atoms with Crippen molar-refractivity contribution in [3.05, 3.63) is 44.0 Å². The first-order valence-corrected chi connectivity index (χ1v) is 8.35. The summed E-state index contributed by atoms with van der Waals surface area (Å²) in [5.41, 5.74) is 0.173. The van der Waals surface area contributed by atoms with Gasteiger partial charge in [-0.1, -0.05) is 0 Å². The van der Waals surface area contributed by atoms with Crippen LogP contribution in [0.3, 0.4) is 0 Å². The Hall–Kier alpha value is -3.64. The SMILES string of the molecule is COc1cc(C(=O)OCCCCC(CO[N+](=O)[O-])O[N+](=O)[O-])ccc1OC(C)=O. The van der Waals surface area contributed by atoms with E-state index >= 15 is 0 Å². The topological polar surface area (TPSA) is 167 Å². The number of hydrogen-bond donors (Lipinski definition) is 0. The normalized spacial score (nSPS) is 11.1. The average Bonchev–Trinajstić information content (AvgIpc) is 2.64. The molecule has 1 atom stereocenters. The molecule has 0 bridgehead atoms. The van der Waals surface area contributed by atoms with Gasteiger partial charge >= 0.3 is 11.9 Å². The Kier molecular flexibility index (Phi) is 9.64. The number of unbranched alkanes of at least 4 members (excludes halogenated alkanes) is 1. The zero-order valence-corrected chi connectivity index (χ0v) is 15.7. The predicted octanol–water partition coefficient (Wildman–Crippen LogP) is 1.73. The van der Waals surface area contributed by atoms with Crippen molar-refractivity contribution in [3.8, 4) is 11.5 Å². The largest absolute Gasteiger partial charge is 0.493 e. The number of methoxy groups -OCH3 is 1. The molecule has 0 amide bonds. The van der Waals surface area contributed by atoms with E-state index in [9.17, 15) is 29.8 Å². The molecular weight excluding hydrogens is 396 g/mol. The summed E-state index contributed by atoms with van der Waals surface area (Å²) in [7, 11) is 1.35. The molecule has 0 N–H and O–H groups in total. The molecule has 13 nitrogen and oxygen atoms in total. The van der Waals surface area contributed by atoms with Gasteiger partial charge in [0.25, 0.3) is 10.2 Å². The lowest BCUT2D eigenvalue weighted by Gasteiger charge is -2.13. The van der Waals surface area contributed by atoms with Crippen LogP contribution >= 0.6 is 0 Å². The fourth-order valence-electron chi connectivity index (χ4n) is 2.19. The average molecular weight is 416 g/mol. The first-order valence-electron chi connectivity index (χ1n) is 8.35. The summed E-state index contributed by atoms with van der Waals surface area (Å²) in [5.74, 6) is -0.848. The lowest BCUT2D eigenvalue weighted by Crippen LogP contribution is -2.24. The molecule has 0 aliphatic heterocycles. The smallest absolute Gasteiger partial charge is 0.338 e. The molecule has 0 aromatic heterocycles. The van der Waals surface area contributed by atoms with E-state index in [2.05, 4.69) is 9.68 Å². The number of carbonyl (C=O) groups excluding carboxylic acids is 2. The Morgan fingerprint density at radius 2 is 1.83 bits per heavy atom. The maximum absolute atomic E-state index is 12.1. The molecule has 0 saturated carbocycles. The Labute approximate surface area is 164 Å². The maximum atomic E-state index is 12.1. The third kappa shape index (κ3) is 9.21. The second-order valence-corrected chi connectivity index (χ2v) is 5.56. The van der Waals surface area contributed by atoms with Crippen LogP contribution in [0.1, 0.15) is 36.5 Å². The molecule has 1 aromatic rings. The Balaban J connectivity index is 2.46. The van der Waals surface area contributed by atoms with Crippen LogP contribution in [0.15, 0.2) is 18.2 Å². The highest BCUT2D eigenvalue weighted by molar-refractivity contribution is 5.90. The quantitative estimate of drug-likeness (QED) is 0.151. The predicted molar refractivity (Wildman–Crippen MR) is 93.3 cm³/mol. The summed E-state index contributed by atoms with van der Waals surface area (Å²) in [4.78, 5) is 52.0.